The van der Waals surface area contributed by atoms with Crippen molar-refractivity contribution in [1.82, 2.24) is 19.7 Å². The quantitative estimate of drug-likeness (QED) is 0.171. The number of carbonyl (C=O) groups excluding carboxylic acids is 5. The number of nitrogens with zero attached hydrogens (tertiary/aromatic N) is 6. The van der Waals surface area contributed by atoms with Gasteiger partial charge >= 0.3 is 0 Å². The number of nitrogens with two attached hydrogens (primary N) is 1. The van der Waals surface area contributed by atoms with Crippen LogP contribution in [0.5, 0.6) is 5.75 Å². The van der Waals surface area contributed by atoms with E-state index in [1.807, 2.05) is 55.3 Å². The lowest BCUT2D eigenvalue weighted by atomic mass is 9.87. The van der Waals surface area contributed by atoms with Gasteiger partial charge in [0.15, 0.2) is 0 Å². The third-order valence-electron chi connectivity index (χ3n) is 13.3. The zero-order chi connectivity index (χ0) is 40.8. The molecule has 5 amide bonds. The molecule has 1 atom stereocenters. The SMILES string of the molecule is Cc1cc(N(C)C2CCC(N(C)C(=O)c3ccc(OC4CCC(CN5Cc6cc7c(cc6C5)C(=O)N(C5CCC(=O)N(N)C5=O)C7=O)CC4)cc3)CC2)ccc1C#N. The molecule has 58 heavy (non-hydrogen) atoms. The van der Waals surface area contributed by atoms with Crippen molar-refractivity contribution in [2.45, 2.75) is 108 Å². The molecule has 1 saturated heterocycles. The van der Waals surface area contributed by atoms with Gasteiger partial charge in [-0.3, -0.25) is 33.8 Å². The van der Waals surface area contributed by atoms with Crippen LogP contribution in [0.2, 0.25) is 0 Å². The number of carbonyl (C=O) groups is 5. The summed E-state index contributed by atoms with van der Waals surface area (Å²) in [4.78, 5) is 72.3. The van der Waals surface area contributed by atoms with Crippen molar-refractivity contribution in [2.24, 2.45) is 11.8 Å². The Kier molecular flexibility index (Phi) is 10.8. The lowest BCUT2D eigenvalue weighted by Crippen LogP contribution is -2.58. The van der Waals surface area contributed by atoms with Crippen molar-refractivity contribution in [2.75, 3.05) is 25.5 Å². The van der Waals surface area contributed by atoms with Gasteiger partial charge in [0.25, 0.3) is 23.6 Å². The van der Waals surface area contributed by atoms with Crippen molar-refractivity contribution in [3.8, 4) is 11.8 Å². The largest absolute Gasteiger partial charge is 0.490 e. The minimum Gasteiger partial charge on any atom is -0.490 e. The number of piperidine rings is 1. The molecule has 0 radical (unpaired) electrons. The number of ether oxygens (including phenoxy) is 1. The Balaban J connectivity index is 0.778. The molecule has 0 aromatic heterocycles. The summed E-state index contributed by atoms with van der Waals surface area (Å²) in [6, 6.07) is 18.9. The molecule has 2 N–H and O–H groups in total. The molecule has 1 unspecified atom stereocenters. The topological polar surface area (TPSA) is 161 Å². The van der Waals surface area contributed by atoms with Gasteiger partial charge in [-0.15, -0.1) is 0 Å². The van der Waals surface area contributed by atoms with Crippen LogP contribution in [0, 0.1) is 24.2 Å². The zero-order valence-corrected chi connectivity index (χ0v) is 33.5. The summed E-state index contributed by atoms with van der Waals surface area (Å²) in [6.07, 6.45) is 8.00. The molecule has 13 nitrogen and oxygen atoms in total. The minimum atomic E-state index is -1.07. The fourth-order valence-electron chi connectivity index (χ4n) is 9.74. The highest BCUT2D eigenvalue weighted by Crippen LogP contribution is 2.36. The van der Waals surface area contributed by atoms with Crippen LogP contribution in [-0.4, -0.2) is 94.1 Å². The van der Waals surface area contributed by atoms with E-state index in [9.17, 15) is 29.2 Å². The molecule has 8 rings (SSSR count). The van der Waals surface area contributed by atoms with E-state index in [2.05, 4.69) is 29.0 Å². The van der Waals surface area contributed by atoms with Crippen LogP contribution in [0.25, 0.3) is 0 Å². The Labute approximate surface area is 339 Å². The number of benzene rings is 3. The fraction of sp³-hybridized carbons (Fsp3) is 0.467. The van der Waals surface area contributed by atoms with Crippen LogP contribution in [-0.2, 0) is 22.7 Å². The number of hydrazine groups is 1. The summed E-state index contributed by atoms with van der Waals surface area (Å²) in [7, 11) is 4.03. The predicted octanol–water partition coefficient (Wildman–Crippen LogP) is 5.33. The van der Waals surface area contributed by atoms with Crippen LogP contribution in [0.15, 0.2) is 54.6 Å². The average molecular weight is 786 g/mol. The highest BCUT2D eigenvalue weighted by Gasteiger charge is 2.47. The van der Waals surface area contributed by atoms with Crippen LogP contribution < -0.4 is 15.5 Å². The molecule has 302 valence electrons. The minimum absolute atomic E-state index is 0.00169. The number of hydrogen-bond acceptors (Lipinski definition) is 10. The van der Waals surface area contributed by atoms with Gasteiger partial charge in [0.2, 0.25) is 5.91 Å². The molecular formula is C45H51N7O6. The van der Waals surface area contributed by atoms with Gasteiger partial charge in [-0.25, -0.2) is 10.9 Å². The summed E-state index contributed by atoms with van der Waals surface area (Å²) >= 11 is 0. The molecule has 2 aliphatic carbocycles. The second kappa shape index (κ2) is 16.0. The summed E-state index contributed by atoms with van der Waals surface area (Å²) in [6.45, 7) is 4.26. The summed E-state index contributed by atoms with van der Waals surface area (Å²) < 4.78 is 6.39. The van der Waals surface area contributed by atoms with E-state index < -0.39 is 29.7 Å². The lowest BCUT2D eigenvalue weighted by molar-refractivity contribution is -0.151. The van der Waals surface area contributed by atoms with Crippen molar-refractivity contribution in [3.63, 3.8) is 0 Å². The van der Waals surface area contributed by atoms with Crippen LogP contribution in [0.3, 0.4) is 0 Å². The van der Waals surface area contributed by atoms with E-state index in [0.717, 1.165) is 90.9 Å². The van der Waals surface area contributed by atoms with Gasteiger partial charge in [-0.1, -0.05) is 0 Å². The zero-order valence-electron chi connectivity index (χ0n) is 33.5. The van der Waals surface area contributed by atoms with E-state index in [4.69, 9.17) is 10.6 Å². The summed E-state index contributed by atoms with van der Waals surface area (Å²) in [5, 5.41) is 9.80. The van der Waals surface area contributed by atoms with Gasteiger partial charge in [-0.05, 0) is 142 Å². The second-order valence-electron chi connectivity index (χ2n) is 16.9. The van der Waals surface area contributed by atoms with Crippen molar-refractivity contribution >= 4 is 35.2 Å². The van der Waals surface area contributed by atoms with Crippen LogP contribution in [0.4, 0.5) is 5.69 Å². The molecule has 0 bridgehead atoms. The van der Waals surface area contributed by atoms with Gasteiger partial charge < -0.3 is 14.5 Å². The van der Waals surface area contributed by atoms with Gasteiger partial charge in [0, 0.05) is 63.5 Å². The normalized spacial score (nSPS) is 24.7. The number of hydrogen-bond donors (Lipinski definition) is 1. The number of anilines is 1. The number of imide groups is 2. The fourth-order valence-corrected chi connectivity index (χ4v) is 9.74. The van der Waals surface area contributed by atoms with Crippen LogP contribution >= 0.6 is 0 Å². The smallest absolute Gasteiger partial charge is 0.266 e. The maximum Gasteiger partial charge on any atom is 0.266 e. The third kappa shape index (κ3) is 7.47. The monoisotopic (exact) mass is 785 g/mol. The molecule has 0 spiro atoms. The maximum atomic E-state index is 13.5. The van der Waals surface area contributed by atoms with Crippen LogP contribution in [0.1, 0.15) is 118 Å². The molecule has 3 aromatic rings. The molecular weight excluding hydrogens is 735 g/mol. The predicted molar refractivity (Wildman–Crippen MR) is 215 cm³/mol. The Morgan fingerprint density at radius 3 is 2.05 bits per heavy atom. The first-order valence-electron chi connectivity index (χ1n) is 20.5. The summed E-state index contributed by atoms with van der Waals surface area (Å²) in [5.74, 6) is 4.65. The first-order chi connectivity index (χ1) is 27.9. The van der Waals surface area contributed by atoms with Gasteiger partial charge in [0.05, 0.1) is 28.9 Å². The third-order valence-corrected chi connectivity index (χ3v) is 13.3. The van der Waals surface area contributed by atoms with E-state index in [1.54, 1.807) is 12.1 Å². The summed E-state index contributed by atoms with van der Waals surface area (Å²) in [5.41, 5.74) is 6.12. The first kappa shape index (κ1) is 39.3. The van der Waals surface area contributed by atoms with Gasteiger partial charge in [-0.2, -0.15) is 5.26 Å². The number of aryl methyl sites for hydroxylation is 1. The highest BCUT2D eigenvalue weighted by molar-refractivity contribution is 6.23. The van der Waals surface area contributed by atoms with E-state index in [-0.39, 0.29) is 30.9 Å². The molecule has 5 aliphatic rings. The molecule has 3 aromatic carbocycles. The molecule has 13 heteroatoms. The average Bonchev–Trinajstić information content (AvgIpc) is 3.74. The Hall–Kier alpha value is -5.58. The maximum absolute atomic E-state index is 13.5. The molecule has 2 saturated carbocycles. The van der Waals surface area contributed by atoms with Gasteiger partial charge in [0.1, 0.15) is 11.8 Å². The van der Waals surface area contributed by atoms with E-state index in [0.29, 0.717) is 52.3 Å². The highest BCUT2D eigenvalue weighted by atomic mass is 16.5. The Morgan fingerprint density at radius 1 is 0.828 bits per heavy atom. The van der Waals surface area contributed by atoms with E-state index >= 15 is 0 Å². The number of rotatable bonds is 9. The first-order valence-corrected chi connectivity index (χ1v) is 20.5. The van der Waals surface area contributed by atoms with Crippen molar-refractivity contribution in [3.05, 3.63) is 93.5 Å². The lowest BCUT2D eigenvalue weighted by Gasteiger charge is -2.39. The Bertz CT molecular complexity index is 2140. The number of nitriles is 1. The molecule has 3 fully saturated rings. The second-order valence-corrected chi connectivity index (χ2v) is 16.9. The number of amides is 5. The van der Waals surface area contributed by atoms with E-state index in [1.165, 1.54) is 0 Å². The van der Waals surface area contributed by atoms with Crippen molar-refractivity contribution < 1.29 is 28.7 Å². The van der Waals surface area contributed by atoms with Crippen molar-refractivity contribution in [1.29, 1.82) is 5.26 Å². The standard InChI is InChI=1S/C45H51N7O6/c1-27-20-35(9-6-30(27)23-46)48(2)33-10-12-34(13-11-33)49(3)42(54)29-7-16-37(17-8-29)58-36-14-4-28(5-15-36)24-50-25-31-21-38-39(22-32(31)26-50)44(56)51(43(38)55)40-18-19-41(53)52(47)45(40)57/h6-9,16-17,20-22,28,33-34,36,40H,4-5,10-15,18-19,24-26,47H2,1-3H3. The molecule has 3 heterocycles. The Morgan fingerprint density at radius 2 is 1.45 bits per heavy atom. The molecule has 3 aliphatic heterocycles. The number of fused-ring (bicyclic) bond motifs is 2.